The summed E-state index contributed by atoms with van der Waals surface area (Å²) in [5.41, 5.74) is 1.52. The minimum Gasteiger partial charge on any atom is -0.143 e. The van der Waals surface area contributed by atoms with Crippen molar-refractivity contribution in [3.05, 3.63) is 29.8 Å². The minimum atomic E-state index is -0.605. The van der Waals surface area contributed by atoms with Crippen LogP contribution in [0.15, 0.2) is 24.3 Å². The van der Waals surface area contributed by atoms with Crippen molar-refractivity contribution in [2.75, 3.05) is 11.5 Å². The highest BCUT2D eigenvalue weighted by Gasteiger charge is 2.16. The molecule has 1 aromatic carbocycles. The van der Waals surface area contributed by atoms with Crippen molar-refractivity contribution in [1.29, 1.82) is 0 Å². The molecule has 0 bridgehead atoms. The van der Waals surface area contributed by atoms with E-state index in [0.29, 0.717) is 4.58 Å². The molecule has 1 heterocycles. The van der Waals surface area contributed by atoms with Gasteiger partial charge in [0.2, 0.25) is 0 Å². The van der Waals surface area contributed by atoms with E-state index in [-0.39, 0.29) is 0 Å². The summed E-state index contributed by atoms with van der Waals surface area (Å²) in [6, 6.07) is 9.39. The van der Waals surface area contributed by atoms with E-state index in [9.17, 15) is 0 Å². The third kappa shape index (κ3) is 3.05. The first kappa shape index (κ1) is 11.6. The Morgan fingerprint density at radius 2 is 1.67 bits per heavy atom. The fourth-order valence-electron chi connectivity index (χ4n) is 1.72. The number of hydrogen-bond donors (Lipinski definition) is 0. The van der Waals surface area contributed by atoms with Gasteiger partial charge in [0, 0.05) is 0 Å². The van der Waals surface area contributed by atoms with Gasteiger partial charge in [0.25, 0.3) is 0 Å². The average molecular weight is 254 g/mol. The predicted molar refractivity (Wildman–Crippen MR) is 77.2 cm³/mol. The number of rotatable bonds is 2. The Kier molecular flexibility index (Phi) is 4.23. The zero-order chi connectivity index (χ0) is 10.7. The van der Waals surface area contributed by atoms with E-state index in [4.69, 9.17) is 0 Å². The highest BCUT2D eigenvalue weighted by Crippen LogP contribution is 2.43. The summed E-state index contributed by atoms with van der Waals surface area (Å²) in [6.07, 6.45) is 1.38. The predicted octanol–water partition coefficient (Wildman–Crippen LogP) is 3.25. The summed E-state index contributed by atoms with van der Waals surface area (Å²) >= 11 is 4.21. The van der Waals surface area contributed by atoms with Crippen molar-refractivity contribution < 1.29 is 0 Å². The Hall–Kier alpha value is 0.137. The summed E-state index contributed by atoms with van der Waals surface area (Å²) in [4.78, 5) is 0. The van der Waals surface area contributed by atoms with Crippen LogP contribution in [0.5, 0.6) is 0 Å². The summed E-state index contributed by atoms with van der Waals surface area (Å²) in [5, 5.41) is 1.59. The lowest BCUT2D eigenvalue weighted by Gasteiger charge is -2.21. The maximum atomic E-state index is 2.39. The second-order valence-corrected chi connectivity index (χ2v) is 9.95. The van der Waals surface area contributed by atoms with Crippen LogP contribution < -0.4 is 5.19 Å². The van der Waals surface area contributed by atoms with Gasteiger partial charge in [-0.25, -0.2) is 0 Å². The zero-order valence-electron chi connectivity index (χ0n) is 9.40. The SMILES string of the molecule is C[SiH](C)c1ccc(C2SCCCS2)cc1. The Balaban J connectivity index is 2.08. The second-order valence-electron chi connectivity index (χ2n) is 4.25. The first-order valence-electron chi connectivity index (χ1n) is 5.60. The molecule has 0 unspecified atom stereocenters. The first-order chi connectivity index (χ1) is 7.27. The summed E-state index contributed by atoms with van der Waals surface area (Å²) in [5.74, 6) is 2.66. The van der Waals surface area contributed by atoms with Gasteiger partial charge in [-0.3, -0.25) is 0 Å². The Morgan fingerprint density at radius 1 is 1.07 bits per heavy atom. The van der Waals surface area contributed by atoms with E-state index >= 15 is 0 Å². The number of benzene rings is 1. The molecule has 1 aliphatic heterocycles. The minimum absolute atomic E-state index is 0.605. The molecule has 0 aromatic heterocycles. The van der Waals surface area contributed by atoms with Crippen molar-refractivity contribution in [2.45, 2.75) is 24.1 Å². The van der Waals surface area contributed by atoms with Gasteiger partial charge < -0.3 is 0 Å². The maximum Gasteiger partial charge on any atom is 0.0751 e. The second kappa shape index (κ2) is 5.46. The average Bonchev–Trinajstić information content (AvgIpc) is 2.30. The van der Waals surface area contributed by atoms with E-state index in [2.05, 4.69) is 60.9 Å². The van der Waals surface area contributed by atoms with Crippen LogP contribution in [0.2, 0.25) is 13.1 Å². The van der Waals surface area contributed by atoms with Crippen LogP contribution in [0.4, 0.5) is 0 Å². The quantitative estimate of drug-likeness (QED) is 0.743. The van der Waals surface area contributed by atoms with E-state index < -0.39 is 8.80 Å². The van der Waals surface area contributed by atoms with Crippen LogP contribution in [-0.4, -0.2) is 20.3 Å². The molecule has 0 N–H and O–H groups in total. The molecule has 0 nitrogen and oxygen atoms in total. The number of thioether (sulfide) groups is 2. The standard InChI is InChI=1S/C12H18S2Si/c1-15(2)11-6-4-10(5-7-11)12-13-8-3-9-14-12/h4-7,12,15H,3,8-9H2,1-2H3. The van der Waals surface area contributed by atoms with E-state index in [0.717, 1.165) is 0 Å². The molecule has 3 heteroatoms. The third-order valence-corrected chi connectivity index (χ3v) is 7.44. The Labute approximate surface area is 103 Å². The van der Waals surface area contributed by atoms with Crippen LogP contribution in [0.3, 0.4) is 0 Å². The van der Waals surface area contributed by atoms with E-state index in [1.54, 1.807) is 5.19 Å². The van der Waals surface area contributed by atoms with Gasteiger partial charge in [0.1, 0.15) is 0 Å². The summed E-state index contributed by atoms with van der Waals surface area (Å²) in [6.45, 7) is 4.78. The van der Waals surface area contributed by atoms with Crippen molar-refractivity contribution in [3.8, 4) is 0 Å². The fraction of sp³-hybridized carbons (Fsp3) is 0.500. The van der Waals surface area contributed by atoms with Crippen LogP contribution in [0.25, 0.3) is 0 Å². The molecule has 1 aromatic rings. The van der Waals surface area contributed by atoms with Crippen LogP contribution >= 0.6 is 23.5 Å². The normalized spacial score (nSPS) is 18.3. The maximum absolute atomic E-state index is 2.39. The lowest BCUT2D eigenvalue weighted by Crippen LogP contribution is -2.22. The Morgan fingerprint density at radius 3 is 2.20 bits per heavy atom. The molecule has 0 spiro atoms. The van der Waals surface area contributed by atoms with Crippen molar-refractivity contribution in [1.82, 2.24) is 0 Å². The van der Waals surface area contributed by atoms with Gasteiger partial charge in [0.15, 0.2) is 0 Å². The summed E-state index contributed by atoms with van der Waals surface area (Å²) in [7, 11) is -0.605. The Bertz CT molecular complexity index is 302. The van der Waals surface area contributed by atoms with Crippen molar-refractivity contribution >= 4 is 37.5 Å². The largest absolute Gasteiger partial charge is 0.143 e. The van der Waals surface area contributed by atoms with Crippen LogP contribution in [0, 0.1) is 0 Å². The van der Waals surface area contributed by atoms with Crippen molar-refractivity contribution in [2.24, 2.45) is 0 Å². The molecular weight excluding hydrogens is 236 g/mol. The molecule has 82 valence electrons. The highest BCUT2D eigenvalue weighted by atomic mass is 32.2. The van der Waals surface area contributed by atoms with Gasteiger partial charge in [-0.15, -0.1) is 23.5 Å². The molecule has 15 heavy (non-hydrogen) atoms. The van der Waals surface area contributed by atoms with E-state index in [1.165, 1.54) is 23.5 Å². The zero-order valence-corrected chi connectivity index (χ0v) is 12.2. The molecule has 1 saturated heterocycles. The van der Waals surface area contributed by atoms with Crippen LogP contribution in [-0.2, 0) is 0 Å². The molecule has 1 fully saturated rings. The van der Waals surface area contributed by atoms with Gasteiger partial charge >= 0.3 is 0 Å². The lowest BCUT2D eigenvalue weighted by molar-refractivity contribution is 1.10. The molecule has 0 atom stereocenters. The first-order valence-corrected chi connectivity index (χ1v) is 10.6. The fourth-order valence-corrected chi connectivity index (χ4v) is 5.57. The van der Waals surface area contributed by atoms with Crippen molar-refractivity contribution in [3.63, 3.8) is 0 Å². The third-order valence-electron chi connectivity index (χ3n) is 2.70. The molecular formula is C12H18S2Si. The van der Waals surface area contributed by atoms with Gasteiger partial charge in [-0.05, 0) is 23.5 Å². The molecule has 0 saturated carbocycles. The van der Waals surface area contributed by atoms with Gasteiger partial charge in [0.05, 0.1) is 13.4 Å². The molecule has 0 radical (unpaired) electrons. The molecule has 0 aliphatic carbocycles. The smallest absolute Gasteiger partial charge is 0.0751 e. The molecule has 0 amide bonds. The van der Waals surface area contributed by atoms with E-state index in [1.807, 2.05) is 0 Å². The molecule has 2 rings (SSSR count). The van der Waals surface area contributed by atoms with Gasteiger partial charge in [-0.2, -0.15) is 0 Å². The lowest BCUT2D eigenvalue weighted by atomic mass is 10.2. The molecule has 1 aliphatic rings. The topological polar surface area (TPSA) is 0 Å². The monoisotopic (exact) mass is 254 g/mol. The van der Waals surface area contributed by atoms with Crippen LogP contribution in [0.1, 0.15) is 16.6 Å². The van der Waals surface area contributed by atoms with Gasteiger partial charge in [-0.1, -0.05) is 42.5 Å². The highest BCUT2D eigenvalue weighted by molar-refractivity contribution is 8.16. The number of hydrogen-bond acceptors (Lipinski definition) is 2. The summed E-state index contributed by atoms with van der Waals surface area (Å²) < 4.78 is 0.696.